The van der Waals surface area contributed by atoms with E-state index in [2.05, 4.69) is 0 Å². The quantitative estimate of drug-likeness (QED) is 0.723. The molecular formula is C9H14OS. The molecule has 2 heteroatoms. The Labute approximate surface area is 71.7 Å². The second kappa shape index (κ2) is 2.95. The molecule has 0 saturated carbocycles. The van der Waals surface area contributed by atoms with Crippen molar-refractivity contribution < 1.29 is 5.11 Å². The van der Waals surface area contributed by atoms with Crippen LogP contribution in [-0.2, 0) is 5.60 Å². The van der Waals surface area contributed by atoms with Gasteiger partial charge in [0.05, 0.1) is 5.60 Å². The summed E-state index contributed by atoms with van der Waals surface area (Å²) in [5.41, 5.74) is -0.659. The zero-order valence-corrected chi connectivity index (χ0v) is 7.98. The van der Waals surface area contributed by atoms with Crippen LogP contribution in [0.15, 0.2) is 17.5 Å². The van der Waals surface area contributed by atoms with E-state index >= 15 is 0 Å². The SMILES string of the molecule is CC(C)C(C)(O)c1cccs1. The summed E-state index contributed by atoms with van der Waals surface area (Å²) in [6.45, 7) is 5.92. The standard InChI is InChI=1S/C9H14OS/c1-7(2)9(3,10)8-5-4-6-11-8/h4-7,10H,1-3H3. The lowest BCUT2D eigenvalue weighted by atomic mass is 9.91. The monoisotopic (exact) mass is 170 g/mol. The van der Waals surface area contributed by atoms with Crippen molar-refractivity contribution in [2.75, 3.05) is 0 Å². The van der Waals surface area contributed by atoms with E-state index in [0.717, 1.165) is 4.88 Å². The van der Waals surface area contributed by atoms with E-state index < -0.39 is 5.60 Å². The first kappa shape index (κ1) is 8.75. The maximum Gasteiger partial charge on any atom is 0.0982 e. The Morgan fingerprint density at radius 2 is 2.18 bits per heavy atom. The highest BCUT2D eigenvalue weighted by atomic mass is 32.1. The van der Waals surface area contributed by atoms with Crippen LogP contribution in [0.1, 0.15) is 25.6 Å². The molecule has 62 valence electrons. The molecule has 0 saturated heterocycles. The van der Waals surface area contributed by atoms with Crippen molar-refractivity contribution in [2.45, 2.75) is 26.4 Å². The summed E-state index contributed by atoms with van der Waals surface area (Å²) >= 11 is 1.61. The van der Waals surface area contributed by atoms with Gasteiger partial charge < -0.3 is 5.11 Å². The Bertz CT molecular complexity index is 211. The summed E-state index contributed by atoms with van der Waals surface area (Å²) in [4.78, 5) is 1.05. The molecule has 1 nitrogen and oxygen atoms in total. The number of aliphatic hydroxyl groups is 1. The number of thiophene rings is 1. The van der Waals surface area contributed by atoms with Crippen LogP contribution in [0.4, 0.5) is 0 Å². The van der Waals surface area contributed by atoms with E-state index in [9.17, 15) is 5.11 Å². The first-order chi connectivity index (χ1) is 5.05. The minimum atomic E-state index is -0.659. The third kappa shape index (κ3) is 1.63. The Morgan fingerprint density at radius 3 is 2.55 bits per heavy atom. The zero-order valence-electron chi connectivity index (χ0n) is 7.16. The largest absolute Gasteiger partial charge is 0.384 e. The van der Waals surface area contributed by atoms with Gasteiger partial charge in [-0.05, 0) is 24.3 Å². The smallest absolute Gasteiger partial charge is 0.0982 e. The summed E-state index contributed by atoms with van der Waals surface area (Å²) in [5.74, 6) is 0.265. The van der Waals surface area contributed by atoms with Gasteiger partial charge in [0, 0.05) is 4.88 Å². The predicted molar refractivity (Wildman–Crippen MR) is 48.7 cm³/mol. The summed E-state index contributed by atoms with van der Waals surface area (Å²) in [7, 11) is 0. The van der Waals surface area contributed by atoms with Crippen LogP contribution in [0.3, 0.4) is 0 Å². The van der Waals surface area contributed by atoms with Gasteiger partial charge in [-0.25, -0.2) is 0 Å². The summed E-state index contributed by atoms with van der Waals surface area (Å²) < 4.78 is 0. The van der Waals surface area contributed by atoms with Crippen molar-refractivity contribution in [3.8, 4) is 0 Å². The molecule has 11 heavy (non-hydrogen) atoms. The topological polar surface area (TPSA) is 20.2 Å². The minimum absolute atomic E-state index is 0.265. The van der Waals surface area contributed by atoms with Crippen molar-refractivity contribution in [3.05, 3.63) is 22.4 Å². The summed E-state index contributed by atoms with van der Waals surface area (Å²) in [5, 5.41) is 12.0. The van der Waals surface area contributed by atoms with E-state index in [4.69, 9.17) is 0 Å². The van der Waals surface area contributed by atoms with Gasteiger partial charge in [0.1, 0.15) is 0 Å². The molecule has 0 aromatic carbocycles. The van der Waals surface area contributed by atoms with Crippen LogP contribution in [0, 0.1) is 5.92 Å². The van der Waals surface area contributed by atoms with Crippen molar-refractivity contribution in [3.63, 3.8) is 0 Å². The molecule has 0 aliphatic heterocycles. The maximum absolute atomic E-state index is 9.96. The number of rotatable bonds is 2. The van der Waals surface area contributed by atoms with E-state index in [1.807, 2.05) is 38.3 Å². The molecule has 0 aliphatic carbocycles. The number of hydrogen-bond acceptors (Lipinski definition) is 2. The third-order valence-corrected chi connectivity index (χ3v) is 3.24. The van der Waals surface area contributed by atoms with E-state index in [-0.39, 0.29) is 5.92 Å². The number of hydrogen-bond donors (Lipinski definition) is 1. The lowest BCUT2D eigenvalue weighted by Crippen LogP contribution is -2.26. The van der Waals surface area contributed by atoms with Gasteiger partial charge in [-0.2, -0.15) is 0 Å². The Kier molecular flexibility index (Phi) is 2.35. The average Bonchev–Trinajstić information content (AvgIpc) is 2.37. The van der Waals surface area contributed by atoms with Crippen LogP contribution in [0.5, 0.6) is 0 Å². The second-order valence-corrected chi connectivity index (χ2v) is 4.23. The van der Waals surface area contributed by atoms with Gasteiger partial charge in [0.25, 0.3) is 0 Å². The Morgan fingerprint density at radius 1 is 1.55 bits per heavy atom. The second-order valence-electron chi connectivity index (χ2n) is 3.28. The van der Waals surface area contributed by atoms with E-state index in [1.54, 1.807) is 11.3 Å². The molecule has 0 aliphatic rings. The Hall–Kier alpha value is -0.340. The minimum Gasteiger partial charge on any atom is -0.384 e. The van der Waals surface area contributed by atoms with Crippen molar-refractivity contribution in [2.24, 2.45) is 5.92 Å². The highest BCUT2D eigenvalue weighted by molar-refractivity contribution is 7.10. The van der Waals surface area contributed by atoms with Crippen molar-refractivity contribution in [1.82, 2.24) is 0 Å². The van der Waals surface area contributed by atoms with Gasteiger partial charge in [0.15, 0.2) is 0 Å². The van der Waals surface area contributed by atoms with Gasteiger partial charge >= 0.3 is 0 Å². The molecule has 1 unspecified atom stereocenters. The molecule has 1 aromatic rings. The molecule has 1 N–H and O–H groups in total. The lowest BCUT2D eigenvalue weighted by Gasteiger charge is -2.26. The summed E-state index contributed by atoms with van der Waals surface area (Å²) in [6.07, 6.45) is 0. The fourth-order valence-corrected chi connectivity index (χ4v) is 1.79. The lowest BCUT2D eigenvalue weighted by molar-refractivity contribution is 0.0126. The highest BCUT2D eigenvalue weighted by Crippen LogP contribution is 2.31. The van der Waals surface area contributed by atoms with E-state index in [1.165, 1.54) is 0 Å². The average molecular weight is 170 g/mol. The highest BCUT2D eigenvalue weighted by Gasteiger charge is 2.27. The predicted octanol–water partition coefficient (Wildman–Crippen LogP) is 2.61. The fourth-order valence-electron chi connectivity index (χ4n) is 0.851. The Balaban J connectivity index is 2.90. The molecule has 1 atom stereocenters. The first-order valence-electron chi connectivity index (χ1n) is 3.81. The first-order valence-corrected chi connectivity index (χ1v) is 4.69. The van der Waals surface area contributed by atoms with Crippen molar-refractivity contribution >= 4 is 11.3 Å². The van der Waals surface area contributed by atoms with Crippen LogP contribution in [0.25, 0.3) is 0 Å². The van der Waals surface area contributed by atoms with Crippen LogP contribution in [-0.4, -0.2) is 5.11 Å². The van der Waals surface area contributed by atoms with Gasteiger partial charge in [-0.1, -0.05) is 19.9 Å². The molecule has 0 fully saturated rings. The third-order valence-electron chi connectivity index (χ3n) is 2.14. The van der Waals surface area contributed by atoms with Crippen LogP contribution in [0.2, 0.25) is 0 Å². The molecule has 1 aromatic heterocycles. The molecular weight excluding hydrogens is 156 g/mol. The zero-order chi connectivity index (χ0) is 8.48. The molecule has 0 radical (unpaired) electrons. The van der Waals surface area contributed by atoms with Crippen molar-refractivity contribution in [1.29, 1.82) is 0 Å². The van der Waals surface area contributed by atoms with Gasteiger partial charge in [0.2, 0.25) is 0 Å². The van der Waals surface area contributed by atoms with Crippen LogP contribution >= 0.6 is 11.3 Å². The van der Waals surface area contributed by atoms with Gasteiger partial charge in [-0.15, -0.1) is 11.3 Å². The molecule has 0 spiro atoms. The molecule has 1 rings (SSSR count). The van der Waals surface area contributed by atoms with E-state index in [0.29, 0.717) is 0 Å². The molecule has 0 amide bonds. The molecule has 0 bridgehead atoms. The maximum atomic E-state index is 9.96. The fraction of sp³-hybridized carbons (Fsp3) is 0.556. The normalized spacial score (nSPS) is 16.8. The van der Waals surface area contributed by atoms with Gasteiger partial charge in [-0.3, -0.25) is 0 Å². The molecule has 1 heterocycles. The summed E-state index contributed by atoms with van der Waals surface area (Å²) in [6, 6.07) is 3.95. The van der Waals surface area contributed by atoms with Crippen LogP contribution < -0.4 is 0 Å².